The number of ether oxygens (including phenoxy) is 1. The highest BCUT2D eigenvalue weighted by molar-refractivity contribution is 7.51. The van der Waals surface area contributed by atoms with E-state index in [1.54, 1.807) is 13.2 Å². The number of methoxy groups -OCH3 is 1. The molecule has 3 aliphatic rings. The van der Waals surface area contributed by atoms with Crippen LogP contribution in [0.4, 0.5) is 0 Å². The first kappa shape index (κ1) is 18.3. The molecule has 5 nitrogen and oxygen atoms in total. The highest BCUT2D eigenvalue weighted by Crippen LogP contribution is 2.45. The van der Waals surface area contributed by atoms with E-state index in [4.69, 9.17) is 4.74 Å². The summed E-state index contributed by atoms with van der Waals surface area (Å²) in [5.74, 6) is 0.969. The number of carbonyl (C=O) groups excluding carboxylic acids is 1. The zero-order chi connectivity index (χ0) is 19.0. The molecule has 0 aliphatic carbocycles. The molecule has 1 saturated heterocycles. The number of allylic oxidation sites excluding steroid dienone is 1. The van der Waals surface area contributed by atoms with Gasteiger partial charge < -0.3 is 19.9 Å². The van der Waals surface area contributed by atoms with E-state index >= 15 is 0 Å². The van der Waals surface area contributed by atoms with Crippen molar-refractivity contribution in [3.8, 4) is 5.75 Å². The van der Waals surface area contributed by atoms with E-state index in [1.165, 1.54) is 0 Å². The van der Waals surface area contributed by atoms with Crippen LogP contribution in [0.15, 0.2) is 54.4 Å². The van der Waals surface area contributed by atoms with Crippen LogP contribution in [0.25, 0.3) is 5.31 Å². The largest absolute Gasteiger partial charge is 0.497 e. The first-order valence-corrected chi connectivity index (χ1v) is 10.5. The summed E-state index contributed by atoms with van der Waals surface area (Å²) in [7, 11) is 2.19. The Hall–Kier alpha value is -2.10. The molecular formula is C21H26N3O2P. The number of piperazine rings is 1. The maximum Gasteiger partial charge on any atom is 0.252 e. The third-order valence-electron chi connectivity index (χ3n) is 5.15. The van der Waals surface area contributed by atoms with E-state index in [1.807, 2.05) is 35.4 Å². The van der Waals surface area contributed by atoms with Crippen LogP contribution in [0.3, 0.4) is 0 Å². The molecule has 0 radical (unpaired) electrons. The van der Waals surface area contributed by atoms with Crippen molar-refractivity contribution in [1.29, 1.82) is 0 Å². The van der Waals surface area contributed by atoms with Gasteiger partial charge in [0.25, 0.3) is 5.91 Å². The third-order valence-corrected chi connectivity index (χ3v) is 6.66. The lowest BCUT2D eigenvalue weighted by molar-refractivity contribution is -0.123. The lowest BCUT2D eigenvalue weighted by atomic mass is 10.1. The van der Waals surface area contributed by atoms with Crippen molar-refractivity contribution in [1.82, 2.24) is 15.1 Å². The van der Waals surface area contributed by atoms with Crippen LogP contribution in [0.5, 0.6) is 5.75 Å². The Bertz CT molecular complexity index is 822. The van der Waals surface area contributed by atoms with Gasteiger partial charge in [0.05, 0.1) is 18.6 Å². The molecule has 3 unspecified atom stereocenters. The topological polar surface area (TPSA) is 44.8 Å². The number of hydrogen-bond donors (Lipinski definition) is 1. The van der Waals surface area contributed by atoms with Crippen molar-refractivity contribution >= 4 is 19.8 Å². The molecule has 0 aromatic heterocycles. The third kappa shape index (κ3) is 3.80. The van der Waals surface area contributed by atoms with E-state index in [0.29, 0.717) is 20.7 Å². The normalized spacial score (nSPS) is 28.7. The fraction of sp³-hybridized carbons (Fsp3) is 0.381. The van der Waals surface area contributed by atoms with Gasteiger partial charge in [-0.15, -0.1) is 0 Å². The second kappa shape index (κ2) is 7.49. The van der Waals surface area contributed by atoms with Crippen LogP contribution in [0, 0.1) is 0 Å². The van der Waals surface area contributed by atoms with Crippen molar-refractivity contribution in [2.24, 2.45) is 0 Å². The van der Waals surface area contributed by atoms with Gasteiger partial charge in [-0.25, -0.2) is 0 Å². The minimum Gasteiger partial charge on any atom is -0.497 e. The second-order valence-electron chi connectivity index (χ2n) is 7.41. The molecule has 0 bridgehead atoms. The summed E-state index contributed by atoms with van der Waals surface area (Å²) in [5, 5.41) is 4.64. The molecule has 27 heavy (non-hydrogen) atoms. The lowest BCUT2D eigenvalue weighted by Crippen LogP contribution is -2.54. The molecule has 3 aliphatic heterocycles. The van der Waals surface area contributed by atoms with Crippen LogP contribution < -0.4 is 10.1 Å². The average Bonchev–Trinajstić information content (AvgIpc) is 2.67. The molecule has 4 rings (SSSR count). The van der Waals surface area contributed by atoms with Crippen molar-refractivity contribution < 1.29 is 9.53 Å². The van der Waals surface area contributed by atoms with Crippen molar-refractivity contribution in [2.45, 2.75) is 31.7 Å². The monoisotopic (exact) mass is 383 g/mol. The summed E-state index contributed by atoms with van der Waals surface area (Å²) < 4.78 is 5.32. The van der Waals surface area contributed by atoms with Gasteiger partial charge in [0, 0.05) is 37.4 Å². The summed E-state index contributed by atoms with van der Waals surface area (Å²) >= 11 is 0. The SMILES string of the molecule is COc1cccc(C2=CC(=O)N3C=C(N4CC(C)N[C@@H](C)C4)C=CC3P2)c1. The van der Waals surface area contributed by atoms with E-state index in [-0.39, 0.29) is 11.7 Å². The van der Waals surface area contributed by atoms with Gasteiger partial charge in [0.2, 0.25) is 0 Å². The summed E-state index contributed by atoms with van der Waals surface area (Å²) in [6.07, 6.45) is 8.17. The van der Waals surface area contributed by atoms with Crippen molar-refractivity contribution in [2.75, 3.05) is 20.2 Å². The minimum atomic E-state index is 0.0506. The molecule has 0 saturated carbocycles. The van der Waals surface area contributed by atoms with E-state index in [0.717, 1.165) is 35.4 Å². The van der Waals surface area contributed by atoms with Gasteiger partial charge in [-0.3, -0.25) is 4.79 Å². The highest BCUT2D eigenvalue weighted by atomic mass is 31.1. The fourth-order valence-corrected chi connectivity index (χ4v) is 5.33. The lowest BCUT2D eigenvalue weighted by Gasteiger charge is -2.41. The number of nitrogens with zero attached hydrogens (tertiary/aromatic N) is 2. The van der Waals surface area contributed by atoms with Crippen molar-refractivity contribution in [3.05, 3.63) is 60.0 Å². The number of rotatable bonds is 3. The van der Waals surface area contributed by atoms with Gasteiger partial charge in [-0.05, 0) is 42.9 Å². The Morgan fingerprint density at radius 3 is 2.74 bits per heavy atom. The molecule has 142 valence electrons. The Kier molecular flexibility index (Phi) is 5.07. The van der Waals surface area contributed by atoms with Crippen LogP contribution in [0.1, 0.15) is 19.4 Å². The van der Waals surface area contributed by atoms with Gasteiger partial charge in [0.1, 0.15) is 5.75 Å². The predicted molar refractivity (Wildman–Crippen MR) is 111 cm³/mol. The van der Waals surface area contributed by atoms with Gasteiger partial charge in [-0.1, -0.05) is 26.8 Å². The quantitative estimate of drug-likeness (QED) is 0.816. The Morgan fingerprint density at radius 2 is 2.00 bits per heavy atom. The summed E-state index contributed by atoms with van der Waals surface area (Å²) in [6, 6.07) is 8.83. The molecule has 1 amide bonds. The summed E-state index contributed by atoms with van der Waals surface area (Å²) in [6.45, 7) is 6.32. The van der Waals surface area contributed by atoms with Crippen LogP contribution in [-0.4, -0.2) is 53.8 Å². The number of nitrogens with one attached hydrogen (secondary N) is 1. The maximum atomic E-state index is 12.8. The zero-order valence-electron chi connectivity index (χ0n) is 16.0. The average molecular weight is 383 g/mol. The Labute approximate surface area is 162 Å². The standard InChI is InChI=1S/C21H26N3O2P/c1-14-11-23(12-15(2)22-14)17-7-8-21-24(13-17)20(25)10-19(27-21)16-5-4-6-18(9-16)26-3/h4-10,13-15,21-22,27H,11-12H2,1-3H3/t14-,15?,21?/m0/s1. The minimum absolute atomic E-state index is 0.0506. The predicted octanol–water partition coefficient (Wildman–Crippen LogP) is 2.98. The molecule has 3 heterocycles. The smallest absolute Gasteiger partial charge is 0.252 e. The number of benzene rings is 1. The summed E-state index contributed by atoms with van der Waals surface area (Å²) in [5.41, 5.74) is 2.19. The first-order valence-electron chi connectivity index (χ1n) is 9.39. The number of amides is 1. The van der Waals surface area contributed by atoms with E-state index in [2.05, 4.69) is 36.2 Å². The molecule has 4 atom stereocenters. The zero-order valence-corrected chi connectivity index (χ0v) is 17.0. The number of hydrogen-bond acceptors (Lipinski definition) is 4. The van der Waals surface area contributed by atoms with Gasteiger partial charge in [0.15, 0.2) is 0 Å². The first-order chi connectivity index (χ1) is 13.0. The molecule has 0 spiro atoms. The number of fused-ring (bicyclic) bond motifs is 1. The van der Waals surface area contributed by atoms with Gasteiger partial charge >= 0.3 is 0 Å². The highest BCUT2D eigenvalue weighted by Gasteiger charge is 2.31. The second-order valence-corrected chi connectivity index (χ2v) is 8.83. The van der Waals surface area contributed by atoms with E-state index in [9.17, 15) is 4.79 Å². The molecule has 1 N–H and O–H groups in total. The molecule has 1 fully saturated rings. The van der Waals surface area contributed by atoms with Crippen LogP contribution in [0.2, 0.25) is 0 Å². The van der Waals surface area contributed by atoms with Crippen LogP contribution >= 0.6 is 8.58 Å². The number of carbonyl (C=O) groups is 1. The van der Waals surface area contributed by atoms with Gasteiger partial charge in [-0.2, -0.15) is 0 Å². The van der Waals surface area contributed by atoms with Crippen LogP contribution in [-0.2, 0) is 4.79 Å². The Morgan fingerprint density at radius 1 is 1.22 bits per heavy atom. The maximum absolute atomic E-state index is 12.8. The van der Waals surface area contributed by atoms with Crippen molar-refractivity contribution in [3.63, 3.8) is 0 Å². The molecule has 1 aromatic carbocycles. The molecular weight excluding hydrogens is 357 g/mol. The fourth-order valence-electron chi connectivity index (χ4n) is 3.95. The summed E-state index contributed by atoms with van der Waals surface area (Å²) in [4.78, 5) is 17.1. The Balaban J connectivity index is 1.56. The molecule has 6 heteroatoms. The molecule has 1 aromatic rings. The van der Waals surface area contributed by atoms with E-state index < -0.39 is 0 Å².